The van der Waals surface area contributed by atoms with E-state index in [9.17, 15) is 14.4 Å². The van der Waals surface area contributed by atoms with Crippen molar-refractivity contribution in [3.8, 4) is 0 Å². The second-order valence-electron chi connectivity index (χ2n) is 7.82. The highest BCUT2D eigenvalue weighted by Crippen LogP contribution is 2.25. The van der Waals surface area contributed by atoms with E-state index in [0.29, 0.717) is 42.2 Å². The fraction of sp³-hybridized carbons (Fsp3) is 0.619. The molecule has 1 fully saturated rings. The number of nitrogens with one attached hydrogen (secondary N) is 2. The van der Waals surface area contributed by atoms with Crippen molar-refractivity contribution in [1.82, 2.24) is 25.1 Å². The quantitative estimate of drug-likeness (QED) is 0.585. The zero-order valence-corrected chi connectivity index (χ0v) is 18.8. The van der Waals surface area contributed by atoms with Crippen LogP contribution in [0, 0.1) is 13.8 Å². The molecule has 0 radical (unpaired) electrons. The van der Waals surface area contributed by atoms with Crippen LogP contribution >= 0.6 is 11.3 Å². The summed E-state index contributed by atoms with van der Waals surface area (Å²) in [5, 5.41) is 6.38. The number of thiophene rings is 1. The van der Waals surface area contributed by atoms with Crippen molar-refractivity contribution in [2.45, 2.75) is 59.0 Å². The maximum atomic E-state index is 12.6. The maximum absolute atomic E-state index is 12.6. The van der Waals surface area contributed by atoms with Crippen molar-refractivity contribution in [3.05, 3.63) is 27.1 Å². The molecule has 1 atom stereocenters. The highest BCUT2D eigenvalue weighted by atomic mass is 32.1. The van der Waals surface area contributed by atoms with Gasteiger partial charge in [-0.1, -0.05) is 6.92 Å². The van der Waals surface area contributed by atoms with Gasteiger partial charge in [-0.25, -0.2) is 4.98 Å². The van der Waals surface area contributed by atoms with Crippen LogP contribution in [0.2, 0.25) is 0 Å². The number of aromatic nitrogens is 2. The van der Waals surface area contributed by atoms with Crippen LogP contribution in [-0.4, -0.2) is 58.5 Å². The third kappa shape index (κ3) is 5.26. The Morgan fingerprint density at radius 2 is 2.07 bits per heavy atom. The highest BCUT2D eigenvalue weighted by molar-refractivity contribution is 7.18. The van der Waals surface area contributed by atoms with Gasteiger partial charge < -0.3 is 10.6 Å². The van der Waals surface area contributed by atoms with E-state index in [0.717, 1.165) is 30.0 Å². The van der Waals surface area contributed by atoms with E-state index in [1.54, 1.807) is 0 Å². The molecule has 0 aliphatic carbocycles. The number of carbonyl (C=O) groups is 2. The van der Waals surface area contributed by atoms with E-state index in [2.05, 4.69) is 27.4 Å². The Bertz CT molecular complexity index is 967. The molecule has 0 aromatic carbocycles. The molecule has 1 aliphatic rings. The summed E-state index contributed by atoms with van der Waals surface area (Å²) in [6.07, 6.45) is 4.69. The summed E-state index contributed by atoms with van der Waals surface area (Å²) in [7, 11) is 0. The molecule has 3 heterocycles. The normalized spacial score (nSPS) is 16.8. The zero-order valence-electron chi connectivity index (χ0n) is 18.0. The van der Waals surface area contributed by atoms with Crippen LogP contribution < -0.4 is 16.2 Å². The van der Waals surface area contributed by atoms with Gasteiger partial charge in [0.05, 0.1) is 11.7 Å². The lowest BCUT2D eigenvalue weighted by Crippen LogP contribution is -2.40. The maximum Gasteiger partial charge on any atom is 0.262 e. The van der Waals surface area contributed by atoms with Gasteiger partial charge in [0.2, 0.25) is 11.8 Å². The summed E-state index contributed by atoms with van der Waals surface area (Å²) >= 11 is 1.49. The van der Waals surface area contributed by atoms with Gasteiger partial charge in [0.15, 0.2) is 0 Å². The first-order valence-corrected chi connectivity index (χ1v) is 11.4. The number of aryl methyl sites for hydroxylation is 2. The number of rotatable bonds is 9. The van der Waals surface area contributed by atoms with Crippen LogP contribution in [0.5, 0.6) is 0 Å². The largest absolute Gasteiger partial charge is 0.355 e. The monoisotopic (exact) mass is 433 g/mol. The van der Waals surface area contributed by atoms with Crippen LogP contribution in [0.25, 0.3) is 10.2 Å². The lowest BCUT2D eigenvalue weighted by molar-refractivity contribution is -0.123. The number of nitrogens with zero attached hydrogens (tertiary/aromatic N) is 3. The summed E-state index contributed by atoms with van der Waals surface area (Å²) in [5.41, 5.74) is 0.734. The predicted molar refractivity (Wildman–Crippen MR) is 119 cm³/mol. The molecule has 2 N–H and O–H groups in total. The van der Waals surface area contributed by atoms with Crippen LogP contribution in [0.15, 0.2) is 11.1 Å². The number of amides is 2. The molecule has 0 bridgehead atoms. The molecule has 2 amide bonds. The van der Waals surface area contributed by atoms with E-state index >= 15 is 0 Å². The zero-order chi connectivity index (χ0) is 21.7. The molecule has 0 unspecified atom stereocenters. The van der Waals surface area contributed by atoms with Gasteiger partial charge in [-0.15, -0.1) is 11.3 Å². The van der Waals surface area contributed by atoms with Crippen molar-refractivity contribution < 1.29 is 9.59 Å². The predicted octanol–water partition coefficient (Wildman–Crippen LogP) is 1.57. The van der Waals surface area contributed by atoms with Crippen LogP contribution in [0.3, 0.4) is 0 Å². The number of likely N-dealkylation sites (N-methyl/N-ethyl adjacent to an activating group) is 1. The topological polar surface area (TPSA) is 96.3 Å². The standard InChI is InChI=1S/C21H31N5O3S/c1-4-25-10-6-7-16(25)11-23-17(27)8-5-9-22-18(28)12-26-13-24-20-19(21(26)29)14(2)15(3)30-20/h13,16H,4-12H2,1-3H3,(H,22,28)(H,23,27)/t16-/m0/s1. The summed E-state index contributed by atoms with van der Waals surface area (Å²) in [4.78, 5) is 45.3. The Kier molecular flexibility index (Phi) is 7.60. The molecule has 2 aromatic heterocycles. The van der Waals surface area contributed by atoms with E-state index in [1.807, 2.05) is 13.8 Å². The fourth-order valence-electron chi connectivity index (χ4n) is 3.93. The van der Waals surface area contributed by atoms with Gasteiger partial charge in [0.1, 0.15) is 11.4 Å². The van der Waals surface area contributed by atoms with E-state index in [-0.39, 0.29) is 23.9 Å². The first kappa shape index (κ1) is 22.4. The Hall–Kier alpha value is -2.26. The second kappa shape index (κ2) is 10.2. The third-order valence-electron chi connectivity index (χ3n) is 5.81. The van der Waals surface area contributed by atoms with Crippen molar-refractivity contribution in [1.29, 1.82) is 0 Å². The molecule has 1 aliphatic heterocycles. The molecule has 3 rings (SSSR count). The summed E-state index contributed by atoms with van der Waals surface area (Å²) in [5.74, 6) is -0.241. The van der Waals surface area contributed by atoms with Gasteiger partial charge in [-0.2, -0.15) is 0 Å². The Morgan fingerprint density at radius 3 is 2.83 bits per heavy atom. The van der Waals surface area contributed by atoms with Gasteiger partial charge in [0.25, 0.3) is 5.56 Å². The SMILES string of the molecule is CCN1CCC[C@H]1CNC(=O)CCCNC(=O)Cn1cnc2sc(C)c(C)c2c1=O. The Morgan fingerprint density at radius 1 is 1.27 bits per heavy atom. The molecule has 8 nitrogen and oxygen atoms in total. The third-order valence-corrected chi connectivity index (χ3v) is 6.93. The molecular formula is C21H31N5O3S. The molecular weight excluding hydrogens is 402 g/mol. The average molecular weight is 434 g/mol. The van der Waals surface area contributed by atoms with Gasteiger partial charge in [-0.05, 0) is 51.8 Å². The summed E-state index contributed by atoms with van der Waals surface area (Å²) in [6.45, 7) is 9.16. The lowest BCUT2D eigenvalue weighted by atomic mass is 10.2. The number of hydrogen-bond acceptors (Lipinski definition) is 6. The first-order chi connectivity index (χ1) is 14.4. The van der Waals surface area contributed by atoms with Gasteiger partial charge in [0, 0.05) is 30.4 Å². The number of likely N-dealkylation sites (tertiary alicyclic amines) is 1. The summed E-state index contributed by atoms with van der Waals surface area (Å²) in [6, 6.07) is 0.443. The van der Waals surface area contributed by atoms with E-state index < -0.39 is 0 Å². The summed E-state index contributed by atoms with van der Waals surface area (Å²) < 4.78 is 1.34. The Balaban J connectivity index is 1.39. The van der Waals surface area contributed by atoms with Crippen molar-refractivity contribution in [3.63, 3.8) is 0 Å². The minimum atomic E-state index is -0.257. The lowest BCUT2D eigenvalue weighted by Gasteiger charge is -2.22. The van der Waals surface area contributed by atoms with Crippen molar-refractivity contribution in [2.24, 2.45) is 0 Å². The minimum absolute atomic E-state index is 0.0152. The van der Waals surface area contributed by atoms with Crippen molar-refractivity contribution in [2.75, 3.05) is 26.2 Å². The molecule has 0 saturated carbocycles. The minimum Gasteiger partial charge on any atom is -0.355 e. The highest BCUT2D eigenvalue weighted by Gasteiger charge is 2.23. The molecule has 1 saturated heterocycles. The van der Waals surface area contributed by atoms with Crippen LogP contribution in [0.4, 0.5) is 0 Å². The van der Waals surface area contributed by atoms with Gasteiger partial charge in [-0.3, -0.25) is 23.9 Å². The average Bonchev–Trinajstić information content (AvgIpc) is 3.30. The molecule has 2 aromatic rings. The molecule has 164 valence electrons. The van der Waals surface area contributed by atoms with E-state index in [4.69, 9.17) is 0 Å². The van der Waals surface area contributed by atoms with E-state index in [1.165, 1.54) is 28.7 Å². The second-order valence-corrected chi connectivity index (χ2v) is 9.03. The number of carbonyl (C=O) groups excluding carboxylic acids is 2. The van der Waals surface area contributed by atoms with Crippen molar-refractivity contribution >= 4 is 33.4 Å². The first-order valence-electron chi connectivity index (χ1n) is 10.6. The smallest absolute Gasteiger partial charge is 0.262 e. The molecule has 30 heavy (non-hydrogen) atoms. The van der Waals surface area contributed by atoms with Crippen LogP contribution in [-0.2, 0) is 16.1 Å². The molecule has 9 heteroatoms. The fourth-order valence-corrected chi connectivity index (χ4v) is 4.92. The molecule has 0 spiro atoms. The van der Waals surface area contributed by atoms with Crippen LogP contribution in [0.1, 0.15) is 43.0 Å². The van der Waals surface area contributed by atoms with Gasteiger partial charge >= 0.3 is 0 Å². The number of hydrogen-bond donors (Lipinski definition) is 2. The number of fused-ring (bicyclic) bond motifs is 1. The Labute approximate surface area is 180 Å².